The minimum atomic E-state index is 0.157. The van der Waals surface area contributed by atoms with Crippen molar-refractivity contribution in [3.63, 3.8) is 0 Å². The summed E-state index contributed by atoms with van der Waals surface area (Å²) in [4.78, 5) is 2.37. The lowest BCUT2D eigenvalue weighted by molar-refractivity contribution is 0.204. The lowest BCUT2D eigenvalue weighted by Crippen LogP contribution is -2.35. The second kappa shape index (κ2) is 7.88. The molecule has 1 rings (SSSR count). The van der Waals surface area contributed by atoms with Gasteiger partial charge in [0.15, 0.2) is 0 Å². The summed E-state index contributed by atoms with van der Waals surface area (Å²) in [6.07, 6.45) is 0.880. The van der Waals surface area contributed by atoms with Gasteiger partial charge in [-0.2, -0.15) is 0 Å². The van der Waals surface area contributed by atoms with Gasteiger partial charge in [-0.25, -0.2) is 0 Å². The van der Waals surface area contributed by atoms with Crippen LogP contribution in [0.4, 0.5) is 5.69 Å². The lowest BCUT2D eigenvalue weighted by atomic mass is 10.0. The van der Waals surface area contributed by atoms with Crippen molar-refractivity contribution < 1.29 is 4.74 Å². The third-order valence-corrected chi connectivity index (χ3v) is 3.55. The number of benzene rings is 1. The van der Waals surface area contributed by atoms with E-state index >= 15 is 0 Å². The van der Waals surface area contributed by atoms with E-state index in [0.717, 1.165) is 24.0 Å². The van der Waals surface area contributed by atoms with E-state index in [-0.39, 0.29) is 6.04 Å². The molecular formula is C15H25BrN2O. The average Bonchev–Trinajstić information content (AvgIpc) is 2.30. The summed E-state index contributed by atoms with van der Waals surface area (Å²) in [5.74, 6) is 0. The molecule has 0 aliphatic carbocycles. The average molecular weight is 329 g/mol. The Morgan fingerprint density at radius 2 is 2.00 bits per heavy atom. The minimum Gasteiger partial charge on any atom is -0.383 e. The largest absolute Gasteiger partial charge is 0.383 e. The number of ether oxygens (including phenoxy) is 1. The van der Waals surface area contributed by atoms with Gasteiger partial charge in [0.05, 0.1) is 6.61 Å². The molecule has 0 amide bonds. The quantitative estimate of drug-likeness (QED) is 0.835. The van der Waals surface area contributed by atoms with Crippen molar-refractivity contribution in [3.05, 3.63) is 28.2 Å². The summed E-state index contributed by atoms with van der Waals surface area (Å²) in [6, 6.07) is 7.01. The third kappa shape index (κ3) is 5.13. The molecule has 1 atom stereocenters. The van der Waals surface area contributed by atoms with E-state index in [2.05, 4.69) is 52.9 Å². The maximum absolute atomic E-state index is 5.96. The van der Waals surface area contributed by atoms with Crippen molar-refractivity contribution in [2.24, 2.45) is 5.73 Å². The Morgan fingerprint density at radius 1 is 1.32 bits per heavy atom. The maximum Gasteiger partial charge on any atom is 0.0637 e. The summed E-state index contributed by atoms with van der Waals surface area (Å²) in [7, 11) is 1.74. The Balaban J connectivity index is 3.06. The minimum absolute atomic E-state index is 0.157. The van der Waals surface area contributed by atoms with Gasteiger partial charge in [0, 0.05) is 35.9 Å². The van der Waals surface area contributed by atoms with Gasteiger partial charge >= 0.3 is 0 Å². The van der Waals surface area contributed by atoms with Gasteiger partial charge in [-0.05, 0) is 51.0 Å². The number of hydrogen-bond acceptors (Lipinski definition) is 3. The van der Waals surface area contributed by atoms with E-state index in [1.807, 2.05) is 6.92 Å². The van der Waals surface area contributed by atoms with Crippen LogP contribution in [0.5, 0.6) is 0 Å². The number of nitrogens with zero attached hydrogens (tertiary/aromatic N) is 1. The van der Waals surface area contributed by atoms with Crippen LogP contribution in [0.3, 0.4) is 0 Å². The van der Waals surface area contributed by atoms with Crippen molar-refractivity contribution in [2.45, 2.75) is 39.3 Å². The first-order valence-corrected chi connectivity index (χ1v) is 7.54. The smallest absolute Gasteiger partial charge is 0.0637 e. The maximum atomic E-state index is 5.96. The van der Waals surface area contributed by atoms with Crippen molar-refractivity contribution in [1.29, 1.82) is 0 Å². The van der Waals surface area contributed by atoms with Crippen LogP contribution >= 0.6 is 15.9 Å². The number of anilines is 1. The first-order chi connectivity index (χ1) is 8.95. The van der Waals surface area contributed by atoms with Gasteiger partial charge < -0.3 is 15.4 Å². The first kappa shape index (κ1) is 16.5. The fourth-order valence-electron chi connectivity index (χ4n) is 2.19. The molecule has 0 bridgehead atoms. The summed E-state index contributed by atoms with van der Waals surface area (Å²) in [6.45, 7) is 8.06. The first-order valence-electron chi connectivity index (χ1n) is 6.75. The van der Waals surface area contributed by atoms with Crippen LogP contribution in [0.1, 0.15) is 26.3 Å². The summed E-state index contributed by atoms with van der Waals surface area (Å²) in [5.41, 5.74) is 8.50. The molecule has 0 saturated carbocycles. The molecule has 1 unspecified atom stereocenters. The molecule has 0 aliphatic rings. The lowest BCUT2D eigenvalue weighted by Gasteiger charge is -2.31. The third-order valence-electron chi connectivity index (χ3n) is 3.05. The van der Waals surface area contributed by atoms with Gasteiger partial charge in [0.25, 0.3) is 0 Å². The second-order valence-corrected chi connectivity index (χ2v) is 6.15. The number of halogens is 1. The Hall–Kier alpha value is -0.580. The van der Waals surface area contributed by atoms with E-state index in [9.17, 15) is 0 Å². The van der Waals surface area contributed by atoms with Crippen LogP contribution in [0.2, 0.25) is 0 Å². The van der Waals surface area contributed by atoms with E-state index in [0.29, 0.717) is 6.04 Å². The highest BCUT2D eigenvalue weighted by Gasteiger charge is 2.15. The molecule has 0 aliphatic heterocycles. The van der Waals surface area contributed by atoms with E-state index in [4.69, 9.17) is 10.5 Å². The Bertz CT molecular complexity index is 394. The van der Waals surface area contributed by atoms with Crippen LogP contribution in [-0.2, 0) is 11.2 Å². The predicted octanol–water partition coefficient (Wildman–Crippen LogP) is 3.20. The monoisotopic (exact) mass is 328 g/mol. The van der Waals surface area contributed by atoms with Gasteiger partial charge in [0.2, 0.25) is 0 Å². The zero-order valence-corrected chi connectivity index (χ0v) is 13.9. The van der Waals surface area contributed by atoms with Crippen LogP contribution < -0.4 is 10.6 Å². The fourth-order valence-corrected chi connectivity index (χ4v) is 2.60. The molecule has 19 heavy (non-hydrogen) atoms. The van der Waals surface area contributed by atoms with Crippen molar-refractivity contribution in [1.82, 2.24) is 0 Å². The normalized spacial score (nSPS) is 12.8. The molecule has 2 N–H and O–H groups in total. The molecule has 1 aromatic rings. The topological polar surface area (TPSA) is 38.5 Å². The summed E-state index contributed by atoms with van der Waals surface area (Å²) >= 11 is 3.54. The zero-order chi connectivity index (χ0) is 14.4. The van der Waals surface area contributed by atoms with Crippen LogP contribution in [0.15, 0.2) is 22.7 Å². The Kier molecular flexibility index (Phi) is 6.83. The standard InChI is InChI=1S/C15H25BrN2O/c1-11(2)18(7-8-19-4)15-6-5-14(16)10-13(15)9-12(3)17/h5-6,10-12H,7-9,17H2,1-4H3. The number of methoxy groups -OCH3 is 1. The van der Waals surface area contributed by atoms with Crippen LogP contribution in [-0.4, -0.2) is 32.3 Å². The predicted molar refractivity (Wildman–Crippen MR) is 85.9 cm³/mol. The van der Waals surface area contributed by atoms with Crippen LogP contribution in [0, 0.1) is 0 Å². The highest BCUT2D eigenvalue weighted by Crippen LogP contribution is 2.27. The van der Waals surface area contributed by atoms with Crippen molar-refractivity contribution >= 4 is 21.6 Å². The SMILES string of the molecule is COCCN(c1ccc(Br)cc1CC(C)N)C(C)C. The fraction of sp³-hybridized carbons (Fsp3) is 0.600. The van der Waals surface area contributed by atoms with E-state index in [1.165, 1.54) is 11.3 Å². The Morgan fingerprint density at radius 3 is 2.53 bits per heavy atom. The molecule has 108 valence electrons. The van der Waals surface area contributed by atoms with Gasteiger partial charge in [-0.15, -0.1) is 0 Å². The van der Waals surface area contributed by atoms with Gasteiger partial charge in [0.1, 0.15) is 0 Å². The highest BCUT2D eigenvalue weighted by atomic mass is 79.9. The summed E-state index contributed by atoms with van der Waals surface area (Å²) in [5, 5.41) is 0. The molecule has 3 nitrogen and oxygen atoms in total. The molecular weight excluding hydrogens is 304 g/mol. The number of hydrogen-bond donors (Lipinski definition) is 1. The van der Waals surface area contributed by atoms with Crippen molar-refractivity contribution in [2.75, 3.05) is 25.2 Å². The van der Waals surface area contributed by atoms with Gasteiger partial charge in [-0.1, -0.05) is 15.9 Å². The molecule has 0 fully saturated rings. The molecule has 0 saturated heterocycles. The number of nitrogens with two attached hydrogens (primary N) is 1. The second-order valence-electron chi connectivity index (χ2n) is 5.23. The zero-order valence-electron chi connectivity index (χ0n) is 12.3. The molecule has 0 radical (unpaired) electrons. The molecule has 0 heterocycles. The molecule has 4 heteroatoms. The summed E-state index contributed by atoms with van der Waals surface area (Å²) < 4.78 is 6.31. The van der Waals surface area contributed by atoms with Crippen LogP contribution in [0.25, 0.3) is 0 Å². The van der Waals surface area contributed by atoms with Gasteiger partial charge in [-0.3, -0.25) is 0 Å². The molecule has 0 spiro atoms. The Labute approximate surface area is 125 Å². The molecule has 1 aromatic carbocycles. The van der Waals surface area contributed by atoms with E-state index in [1.54, 1.807) is 7.11 Å². The number of rotatable bonds is 7. The highest BCUT2D eigenvalue weighted by molar-refractivity contribution is 9.10. The van der Waals surface area contributed by atoms with E-state index < -0.39 is 0 Å². The van der Waals surface area contributed by atoms with Crippen molar-refractivity contribution in [3.8, 4) is 0 Å². The molecule has 0 aromatic heterocycles.